The van der Waals surface area contributed by atoms with Gasteiger partial charge in [-0.25, -0.2) is 4.98 Å². The second kappa shape index (κ2) is 2.98. The summed E-state index contributed by atoms with van der Waals surface area (Å²) >= 11 is 1.54. The first-order valence-electron chi connectivity index (χ1n) is 4.23. The third-order valence-electron chi connectivity index (χ3n) is 2.26. The van der Waals surface area contributed by atoms with E-state index in [1.54, 1.807) is 29.6 Å². The van der Waals surface area contributed by atoms with Gasteiger partial charge in [0.25, 0.3) is 0 Å². The third kappa shape index (κ3) is 1.13. The van der Waals surface area contributed by atoms with Crippen LogP contribution in [0.2, 0.25) is 0 Å². The van der Waals surface area contributed by atoms with Crippen molar-refractivity contribution >= 4 is 11.8 Å². The molecule has 5 nitrogen and oxygen atoms in total. The topological polar surface area (TPSA) is 56.5 Å². The Bertz CT molecular complexity index is 375. The lowest BCUT2D eigenvalue weighted by Crippen LogP contribution is -2.22. The van der Waals surface area contributed by atoms with E-state index < -0.39 is 6.17 Å². The van der Waals surface area contributed by atoms with Crippen molar-refractivity contribution in [3.05, 3.63) is 11.1 Å². The van der Waals surface area contributed by atoms with Crippen LogP contribution in [0.1, 0.15) is 20.0 Å². The lowest BCUT2D eigenvalue weighted by molar-refractivity contribution is 0.327. The normalized spacial score (nSPS) is 23.2. The molecule has 0 fully saturated rings. The van der Waals surface area contributed by atoms with Gasteiger partial charge in [-0.05, 0) is 19.0 Å². The van der Waals surface area contributed by atoms with E-state index in [9.17, 15) is 4.91 Å². The average molecular weight is 213 g/mol. The number of ether oxygens (including phenoxy) is 1. The molecule has 0 aliphatic carbocycles. The highest BCUT2D eigenvalue weighted by Gasteiger charge is 2.43. The van der Waals surface area contributed by atoms with Crippen LogP contribution in [0.3, 0.4) is 0 Å². The first kappa shape index (κ1) is 9.51. The van der Waals surface area contributed by atoms with Crippen LogP contribution in [0.5, 0.6) is 5.88 Å². The Labute approximate surface area is 85.8 Å². The molecule has 1 aromatic heterocycles. The van der Waals surface area contributed by atoms with Crippen LogP contribution in [-0.4, -0.2) is 21.4 Å². The average Bonchev–Trinajstić information content (AvgIpc) is 2.58. The van der Waals surface area contributed by atoms with Gasteiger partial charge < -0.3 is 4.74 Å². The fourth-order valence-electron chi connectivity index (χ4n) is 1.55. The maximum Gasteiger partial charge on any atom is 0.216 e. The van der Waals surface area contributed by atoms with E-state index in [4.69, 9.17) is 4.74 Å². The van der Waals surface area contributed by atoms with E-state index in [1.807, 2.05) is 13.8 Å². The van der Waals surface area contributed by atoms with Gasteiger partial charge in [0.1, 0.15) is 0 Å². The third-order valence-corrected chi connectivity index (χ3v) is 3.48. The molecular formula is C8H11N3O2S. The van der Waals surface area contributed by atoms with Crippen molar-refractivity contribution in [2.75, 3.05) is 7.11 Å². The summed E-state index contributed by atoms with van der Waals surface area (Å²) in [6, 6.07) is 0. The van der Waals surface area contributed by atoms with Gasteiger partial charge in [0.2, 0.25) is 5.88 Å². The van der Waals surface area contributed by atoms with Gasteiger partial charge in [0, 0.05) is 0 Å². The standard InChI is InChI=1S/C8H11N3O2S/c1-8(2)6(10-12)11-5(13-3)4-9-7(11)14-8/h4,6H,1-3H3. The van der Waals surface area contributed by atoms with E-state index in [-0.39, 0.29) is 4.75 Å². The molecular weight excluding hydrogens is 202 g/mol. The lowest BCUT2D eigenvalue weighted by atomic mass is 10.1. The fraction of sp³-hybridized carbons (Fsp3) is 0.625. The van der Waals surface area contributed by atoms with Crippen molar-refractivity contribution in [1.29, 1.82) is 0 Å². The van der Waals surface area contributed by atoms with Crippen molar-refractivity contribution in [2.45, 2.75) is 29.9 Å². The zero-order valence-electron chi connectivity index (χ0n) is 8.22. The first-order valence-corrected chi connectivity index (χ1v) is 5.04. The Kier molecular flexibility index (Phi) is 2.02. The maximum atomic E-state index is 10.8. The molecule has 0 spiro atoms. The van der Waals surface area contributed by atoms with E-state index in [1.165, 1.54) is 0 Å². The van der Waals surface area contributed by atoms with Gasteiger partial charge in [-0.15, -0.1) is 4.91 Å². The maximum absolute atomic E-state index is 10.8. The van der Waals surface area contributed by atoms with Crippen LogP contribution in [0.15, 0.2) is 16.5 Å². The van der Waals surface area contributed by atoms with Gasteiger partial charge >= 0.3 is 0 Å². The summed E-state index contributed by atoms with van der Waals surface area (Å²) in [6.07, 6.45) is 1.16. The van der Waals surface area contributed by atoms with Crippen LogP contribution in [0.4, 0.5) is 0 Å². The van der Waals surface area contributed by atoms with Gasteiger partial charge in [-0.2, -0.15) is 0 Å². The van der Waals surface area contributed by atoms with Crippen LogP contribution in [-0.2, 0) is 0 Å². The van der Waals surface area contributed by atoms with Crippen molar-refractivity contribution in [2.24, 2.45) is 5.18 Å². The Balaban J connectivity index is 2.51. The predicted molar refractivity (Wildman–Crippen MR) is 53.5 cm³/mol. The van der Waals surface area contributed by atoms with Crippen molar-refractivity contribution in [3.8, 4) is 5.88 Å². The molecule has 1 atom stereocenters. The molecule has 1 aliphatic rings. The Morgan fingerprint density at radius 1 is 1.71 bits per heavy atom. The molecule has 0 aromatic carbocycles. The number of hydrogen-bond acceptors (Lipinski definition) is 5. The Morgan fingerprint density at radius 3 is 3.00 bits per heavy atom. The molecule has 1 aromatic rings. The number of nitroso groups, excluding NO2 is 1. The van der Waals surface area contributed by atoms with E-state index >= 15 is 0 Å². The first-order chi connectivity index (χ1) is 6.60. The quantitative estimate of drug-likeness (QED) is 0.705. The molecule has 0 radical (unpaired) electrons. The SMILES string of the molecule is COc1cnc2n1C(N=O)C(C)(C)S2. The van der Waals surface area contributed by atoms with Crippen LogP contribution in [0.25, 0.3) is 0 Å². The molecule has 2 rings (SSSR count). The van der Waals surface area contributed by atoms with E-state index in [0.717, 1.165) is 5.16 Å². The summed E-state index contributed by atoms with van der Waals surface area (Å²) < 4.78 is 6.59. The van der Waals surface area contributed by atoms with E-state index in [2.05, 4.69) is 10.2 Å². The molecule has 2 heterocycles. The minimum atomic E-state index is -0.444. The summed E-state index contributed by atoms with van der Waals surface area (Å²) in [4.78, 5) is 14.9. The highest BCUT2D eigenvalue weighted by atomic mass is 32.2. The monoisotopic (exact) mass is 213 g/mol. The minimum Gasteiger partial charge on any atom is -0.481 e. The Morgan fingerprint density at radius 2 is 2.43 bits per heavy atom. The number of fused-ring (bicyclic) bond motifs is 1. The summed E-state index contributed by atoms with van der Waals surface area (Å²) in [5.41, 5.74) is 0. The number of thioether (sulfide) groups is 1. The van der Waals surface area contributed by atoms with Gasteiger partial charge in [-0.3, -0.25) is 4.57 Å². The smallest absolute Gasteiger partial charge is 0.216 e. The number of hydrogen-bond donors (Lipinski definition) is 0. The Hall–Kier alpha value is -1.04. The van der Waals surface area contributed by atoms with Gasteiger partial charge in [0.05, 0.1) is 18.1 Å². The molecule has 14 heavy (non-hydrogen) atoms. The zero-order valence-corrected chi connectivity index (χ0v) is 9.04. The number of aromatic nitrogens is 2. The van der Waals surface area contributed by atoms with Crippen LogP contribution in [0, 0.1) is 4.91 Å². The highest BCUT2D eigenvalue weighted by Crippen LogP contribution is 2.50. The summed E-state index contributed by atoms with van der Waals surface area (Å²) in [5, 5.41) is 3.92. The molecule has 0 saturated carbocycles. The zero-order chi connectivity index (χ0) is 10.3. The summed E-state index contributed by atoms with van der Waals surface area (Å²) in [7, 11) is 1.56. The summed E-state index contributed by atoms with van der Waals surface area (Å²) in [5.74, 6) is 0.586. The fourth-order valence-corrected chi connectivity index (χ4v) is 2.67. The molecule has 0 saturated heterocycles. The number of imidazole rings is 1. The molecule has 6 heteroatoms. The van der Waals surface area contributed by atoms with Crippen molar-refractivity contribution in [3.63, 3.8) is 0 Å². The van der Waals surface area contributed by atoms with Crippen LogP contribution >= 0.6 is 11.8 Å². The largest absolute Gasteiger partial charge is 0.481 e. The van der Waals surface area contributed by atoms with E-state index in [0.29, 0.717) is 5.88 Å². The van der Waals surface area contributed by atoms with Crippen molar-refractivity contribution < 1.29 is 4.74 Å². The minimum absolute atomic E-state index is 0.251. The molecule has 76 valence electrons. The predicted octanol–water partition coefficient (Wildman–Crippen LogP) is 2.04. The lowest BCUT2D eigenvalue weighted by Gasteiger charge is -2.20. The summed E-state index contributed by atoms with van der Waals surface area (Å²) in [6.45, 7) is 3.94. The number of methoxy groups -OCH3 is 1. The number of nitrogens with zero attached hydrogens (tertiary/aromatic N) is 3. The highest BCUT2D eigenvalue weighted by molar-refractivity contribution is 8.00. The molecule has 0 N–H and O–H groups in total. The number of rotatable bonds is 2. The molecule has 1 unspecified atom stereocenters. The molecule has 0 bridgehead atoms. The second-order valence-corrected chi connectivity index (χ2v) is 5.26. The second-order valence-electron chi connectivity index (χ2n) is 3.64. The molecule has 1 aliphatic heterocycles. The van der Waals surface area contributed by atoms with Crippen LogP contribution < -0.4 is 4.74 Å². The van der Waals surface area contributed by atoms with Gasteiger partial charge in [0.15, 0.2) is 11.3 Å². The van der Waals surface area contributed by atoms with Gasteiger partial charge in [-0.1, -0.05) is 11.8 Å². The van der Waals surface area contributed by atoms with Crippen molar-refractivity contribution in [1.82, 2.24) is 9.55 Å². The molecule has 0 amide bonds.